The molecule has 4 heteroatoms. The van der Waals surface area contributed by atoms with Gasteiger partial charge in [0.05, 0.1) is 16.5 Å². The van der Waals surface area contributed by atoms with Crippen molar-refractivity contribution in [3.05, 3.63) is 52.5 Å². The normalized spacial score (nSPS) is 10.9. The van der Waals surface area contributed by atoms with Gasteiger partial charge in [0.2, 0.25) is 0 Å². The van der Waals surface area contributed by atoms with Gasteiger partial charge in [-0.2, -0.15) is 0 Å². The van der Waals surface area contributed by atoms with Gasteiger partial charge in [-0.15, -0.1) is 11.3 Å². The van der Waals surface area contributed by atoms with Crippen LogP contribution in [0.15, 0.2) is 45.9 Å². The maximum absolute atomic E-state index is 12.4. The van der Waals surface area contributed by atoms with Crippen LogP contribution in [0.5, 0.6) is 0 Å². The van der Waals surface area contributed by atoms with Crippen LogP contribution in [-0.2, 0) is 6.42 Å². The Labute approximate surface area is 108 Å². The molecule has 0 N–H and O–H groups in total. The minimum atomic E-state index is 0.0609. The molecule has 0 aromatic carbocycles. The highest BCUT2D eigenvalue weighted by Crippen LogP contribution is 2.30. The molecule has 0 aliphatic heterocycles. The molecule has 3 aromatic rings. The van der Waals surface area contributed by atoms with Crippen molar-refractivity contribution in [2.24, 2.45) is 0 Å². The molecule has 0 fully saturated rings. The summed E-state index contributed by atoms with van der Waals surface area (Å²) in [4.78, 5) is 18.3. The lowest BCUT2D eigenvalue weighted by atomic mass is 10.1. The third-order valence-corrected chi connectivity index (χ3v) is 4.03. The van der Waals surface area contributed by atoms with Crippen LogP contribution in [0.3, 0.4) is 0 Å². The van der Waals surface area contributed by atoms with Gasteiger partial charge in [-0.1, -0.05) is 6.92 Å². The fourth-order valence-corrected chi connectivity index (χ4v) is 3.15. The molecule has 90 valence electrons. The predicted octanol–water partition coefficient (Wildman–Crippen LogP) is 3.48. The minimum absolute atomic E-state index is 0.0609. The topological polar surface area (TPSA) is 43.1 Å². The molecule has 0 atom stereocenters. The first-order chi connectivity index (χ1) is 8.81. The Morgan fingerprint density at radius 1 is 1.33 bits per heavy atom. The number of pyridine rings is 1. The zero-order chi connectivity index (χ0) is 12.5. The summed E-state index contributed by atoms with van der Waals surface area (Å²) in [5.74, 6) is 0.738. The Morgan fingerprint density at radius 2 is 2.22 bits per heavy atom. The Bertz CT molecular complexity index is 744. The second-order valence-corrected chi connectivity index (χ2v) is 4.92. The van der Waals surface area contributed by atoms with E-state index in [0.717, 1.165) is 21.0 Å². The van der Waals surface area contributed by atoms with Crippen molar-refractivity contribution in [1.82, 2.24) is 4.98 Å². The molecular weight excluding hydrogens is 246 g/mol. The Morgan fingerprint density at radius 3 is 2.94 bits per heavy atom. The molecule has 0 amide bonds. The van der Waals surface area contributed by atoms with Gasteiger partial charge in [0.15, 0.2) is 5.43 Å². The summed E-state index contributed by atoms with van der Waals surface area (Å²) in [6.07, 6.45) is 4.01. The summed E-state index contributed by atoms with van der Waals surface area (Å²) in [5.41, 5.74) is 0.862. The van der Waals surface area contributed by atoms with Gasteiger partial charge in [-0.3, -0.25) is 4.79 Å². The molecule has 3 rings (SSSR count). The average Bonchev–Trinajstić information content (AvgIpc) is 2.92. The SMILES string of the molecule is CCc1c(-c2ccco2)sc2ncccc2c1=O. The summed E-state index contributed by atoms with van der Waals surface area (Å²) in [6, 6.07) is 7.32. The van der Waals surface area contributed by atoms with E-state index in [-0.39, 0.29) is 5.43 Å². The molecule has 0 aliphatic rings. The van der Waals surface area contributed by atoms with E-state index in [0.29, 0.717) is 11.8 Å². The second kappa shape index (κ2) is 4.38. The van der Waals surface area contributed by atoms with Gasteiger partial charge in [0.1, 0.15) is 10.6 Å². The lowest BCUT2D eigenvalue weighted by Gasteiger charge is -2.05. The van der Waals surface area contributed by atoms with Gasteiger partial charge in [0, 0.05) is 11.8 Å². The lowest BCUT2D eigenvalue weighted by Crippen LogP contribution is -2.09. The van der Waals surface area contributed by atoms with Crippen LogP contribution in [0.1, 0.15) is 12.5 Å². The number of nitrogens with zero attached hydrogens (tertiary/aromatic N) is 1. The predicted molar refractivity (Wildman–Crippen MR) is 73.0 cm³/mol. The van der Waals surface area contributed by atoms with Gasteiger partial charge >= 0.3 is 0 Å². The molecular formula is C14H11NO2S. The van der Waals surface area contributed by atoms with Gasteiger partial charge in [0.25, 0.3) is 0 Å². The fraction of sp³-hybridized carbons (Fsp3) is 0.143. The molecule has 18 heavy (non-hydrogen) atoms. The van der Waals surface area contributed by atoms with Crippen LogP contribution in [0, 0.1) is 0 Å². The maximum atomic E-state index is 12.4. The number of furan rings is 1. The standard InChI is InChI=1S/C14H11NO2S/c1-2-9-12(16)10-5-3-7-15-14(10)18-13(9)11-6-4-8-17-11/h3-8H,2H2,1H3. The van der Waals surface area contributed by atoms with Gasteiger partial charge in [-0.05, 0) is 30.7 Å². The third kappa shape index (κ3) is 1.66. The molecule has 0 saturated heterocycles. The van der Waals surface area contributed by atoms with Crippen molar-refractivity contribution >= 4 is 21.6 Å². The zero-order valence-electron chi connectivity index (χ0n) is 9.84. The van der Waals surface area contributed by atoms with Crippen molar-refractivity contribution in [3.8, 4) is 10.6 Å². The number of hydrogen-bond donors (Lipinski definition) is 0. The highest BCUT2D eigenvalue weighted by molar-refractivity contribution is 7.21. The molecule has 0 bridgehead atoms. The van der Waals surface area contributed by atoms with E-state index in [1.165, 1.54) is 11.3 Å². The van der Waals surface area contributed by atoms with Crippen LogP contribution in [-0.4, -0.2) is 4.98 Å². The average molecular weight is 257 g/mol. The molecule has 3 nitrogen and oxygen atoms in total. The number of aromatic nitrogens is 1. The monoisotopic (exact) mass is 257 g/mol. The van der Waals surface area contributed by atoms with E-state index in [1.807, 2.05) is 25.1 Å². The minimum Gasteiger partial charge on any atom is -0.464 e. The quantitative estimate of drug-likeness (QED) is 0.706. The lowest BCUT2D eigenvalue weighted by molar-refractivity contribution is 0.583. The summed E-state index contributed by atoms with van der Waals surface area (Å²) >= 11 is 1.51. The first-order valence-electron chi connectivity index (χ1n) is 5.76. The Kier molecular flexibility index (Phi) is 2.72. The van der Waals surface area contributed by atoms with E-state index < -0.39 is 0 Å². The van der Waals surface area contributed by atoms with E-state index in [9.17, 15) is 4.79 Å². The molecule has 0 radical (unpaired) electrons. The summed E-state index contributed by atoms with van der Waals surface area (Å²) in [5, 5.41) is 0.689. The van der Waals surface area contributed by atoms with Crippen LogP contribution >= 0.6 is 11.3 Å². The van der Waals surface area contributed by atoms with E-state index >= 15 is 0 Å². The summed E-state index contributed by atoms with van der Waals surface area (Å²) in [7, 11) is 0. The van der Waals surface area contributed by atoms with E-state index in [1.54, 1.807) is 18.5 Å². The van der Waals surface area contributed by atoms with Crippen molar-refractivity contribution < 1.29 is 4.42 Å². The first-order valence-corrected chi connectivity index (χ1v) is 6.57. The Balaban J connectivity index is 2.42. The Hall–Kier alpha value is -1.94. The zero-order valence-corrected chi connectivity index (χ0v) is 10.7. The van der Waals surface area contributed by atoms with Crippen LogP contribution in [0.4, 0.5) is 0 Å². The van der Waals surface area contributed by atoms with Gasteiger partial charge in [-0.25, -0.2) is 4.98 Å². The fourth-order valence-electron chi connectivity index (χ4n) is 2.00. The van der Waals surface area contributed by atoms with Crippen LogP contribution < -0.4 is 5.43 Å². The number of fused-ring (bicyclic) bond motifs is 1. The van der Waals surface area contributed by atoms with E-state index in [4.69, 9.17) is 4.42 Å². The molecule has 0 unspecified atom stereocenters. The molecule has 3 heterocycles. The summed E-state index contributed by atoms with van der Waals surface area (Å²) < 4.78 is 5.41. The van der Waals surface area contributed by atoms with Crippen molar-refractivity contribution in [1.29, 1.82) is 0 Å². The van der Waals surface area contributed by atoms with Crippen molar-refractivity contribution in [2.45, 2.75) is 13.3 Å². The van der Waals surface area contributed by atoms with Gasteiger partial charge < -0.3 is 4.42 Å². The second-order valence-electron chi connectivity index (χ2n) is 3.93. The summed E-state index contributed by atoms with van der Waals surface area (Å²) in [6.45, 7) is 1.98. The third-order valence-electron chi connectivity index (χ3n) is 2.86. The molecule has 0 aliphatic carbocycles. The highest BCUT2D eigenvalue weighted by Gasteiger charge is 2.14. The van der Waals surface area contributed by atoms with E-state index in [2.05, 4.69) is 4.98 Å². The molecule has 3 aromatic heterocycles. The van der Waals surface area contributed by atoms with Crippen molar-refractivity contribution in [2.75, 3.05) is 0 Å². The number of rotatable bonds is 2. The molecule has 0 saturated carbocycles. The largest absolute Gasteiger partial charge is 0.464 e. The first kappa shape index (κ1) is 11.2. The van der Waals surface area contributed by atoms with Crippen molar-refractivity contribution in [3.63, 3.8) is 0 Å². The smallest absolute Gasteiger partial charge is 0.193 e. The highest BCUT2D eigenvalue weighted by atomic mass is 32.1. The number of hydrogen-bond acceptors (Lipinski definition) is 4. The molecule has 0 spiro atoms. The van der Waals surface area contributed by atoms with Crippen LogP contribution in [0.2, 0.25) is 0 Å². The maximum Gasteiger partial charge on any atom is 0.193 e. The van der Waals surface area contributed by atoms with Crippen LogP contribution in [0.25, 0.3) is 20.9 Å².